The zero-order chi connectivity index (χ0) is 42.9. The van der Waals surface area contributed by atoms with Crippen LogP contribution in [0.5, 0.6) is 11.5 Å². The molecule has 318 valence electrons. The Morgan fingerprint density at radius 2 is 1.89 bits per heavy atom. The van der Waals surface area contributed by atoms with E-state index in [0.717, 1.165) is 72.9 Å². The van der Waals surface area contributed by atoms with Crippen molar-refractivity contribution in [3.8, 4) is 11.5 Å². The first-order valence-corrected chi connectivity index (χ1v) is 22.0. The van der Waals surface area contributed by atoms with Crippen LogP contribution in [0.2, 0.25) is 5.02 Å². The van der Waals surface area contributed by atoms with E-state index in [9.17, 15) is 23.3 Å². The van der Waals surface area contributed by atoms with Crippen LogP contribution in [0.1, 0.15) is 61.0 Å². The molecule has 1 saturated heterocycles. The number of nitrogens with one attached hydrogen (secondary N) is 2. The minimum atomic E-state index is -4.60. The van der Waals surface area contributed by atoms with Crippen molar-refractivity contribution in [3.05, 3.63) is 129 Å². The quantitative estimate of drug-likeness (QED) is 0.0910. The number of H-pyrrole nitrogens is 1. The Labute approximate surface area is 359 Å². The average Bonchev–Trinajstić information content (AvgIpc) is 3.72. The third kappa shape index (κ3) is 9.51. The first-order valence-electron chi connectivity index (χ1n) is 20.1. The van der Waals surface area contributed by atoms with Gasteiger partial charge in [0.2, 0.25) is 0 Å². The summed E-state index contributed by atoms with van der Waals surface area (Å²) in [6, 6.07) is 20.2. The Morgan fingerprint density at radius 1 is 1.08 bits per heavy atom. The van der Waals surface area contributed by atoms with Crippen LogP contribution in [0.3, 0.4) is 0 Å². The molecular formula is C45H47ClN6O8S. The molecule has 2 aromatic heterocycles. The minimum absolute atomic E-state index is 0.0540. The number of pyridine rings is 1. The Kier molecular flexibility index (Phi) is 12.0. The molecule has 1 amide bonds. The van der Waals surface area contributed by atoms with Gasteiger partial charge in [-0.25, -0.2) is 18.1 Å². The van der Waals surface area contributed by atoms with Crippen LogP contribution in [-0.2, 0) is 19.5 Å². The monoisotopic (exact) mass is 866 g/mol. The number of amides is 1. The summed E-state index contributed by atoms with van der Waals surface area (Å²) in [6.45, 7) is 7.96. The molecule has 0 unspecified atom stereocenters. The van der Waals surface area contributed by atoms with Gasteiger partial charge in [0.05, 0.1) is 41.4 Å². The van der Waals surface area contributed by atoms with Crippen LogP contribution in [-0.4, -0.2) is 86.8 Å². The number of aromatic amines is 1. The Morgan fingerprint density at radius 3 is 2.62 bits per heavy atom. The Bertz CT molecular complexity index is 2650. The van der Waals surface area contributed by atoms with Gasteiger partial charge in [0.25, 0.3) is 21.6 Å². The lowest BCUT2D eigenvalue weighted by Gasteiger charge is -2.36. The van der Waals surface area contributed by atoms with Crippen LogP contribution in [0.4, 0.5) is 11.4 Å². The van der Waals surface area contributed by atoms with Crippen LogP contribution in [0, 0.1) is 15.5 Å². The summed E-state index contributed by atoms with van der Waals surface area (Å²) in [7, 11) is -3.00. The normalized spacial score (nSPS) is 18.4. The fraction of sp³-hybridized carbons (Fsp3) is 0.333. The van der Waals surface area contributed by atoms with Gasteiger partial charge in [-0.05, 0) is 102 Å². The fourth-order valence-electron chi connectivity index (χ4n) is 8.15. The van der Waals surface area contributed by atoms with Crippen molar-refractivity contribution >= 4 is 61.1 Å². The maximum atomic E-state index is 13.9. The summed E-state index contributed by atoms with van der Waals surface area (Å²) in [4.78, 5) is 36.4. The van der Waals surface area contributed by atoms with Gasteiger partial charge in [-0.3, -0.25) is 19.8 Å². The van der Waals surface area contributed by atoms with Gasteiger partial charge in [0, 0.05) is 49.4 Å². The van der Waals surface area contributed by atoms with E-state index in [1.165, 1.54) is 46.0 Å². The number of hydrogen-bond donors (Lipinski definition) is 2. The predicted molar refractivity (Wildman–Crippen MR) is 234 cm³/mol. The van der Waals surface area contributed by atoms with Crippen molar-refractivity contribution in [3.63, 3.8) is 0 Å². The number of anilines is 1. The number of sulfonamides is 1. The number of benzene rings is 3. The number of carbonyl (C=O) groups is 1. The number of likely N-dealkylation sites (N-methyl/N-ethyl adjacent to an activating group) is 1. The topological polar surface area (TPSA) is 169 Å². The summed E-state index contributed by atoms with van der Waals surface area (Å²) >= 11 is 6.24. The van der Waals surface area contributed by atoms with Crippen molar-refractivity contribution in [2.75, 3.05) is 51.4 Å². The van der Waals surface area contributed by atoms with Gasteiger partial charge in [-0.15, -0.1) is 0 Å². The van der Waals surface area contributed by atoms with E-state index in [1.807, 2.05) is 18.2 Å². The standard InChI is InChI=1S/C45H47ClN6O8S/c1-45(2)16-12-33(38(25-45)30-4-7-34(46)8-5-30)27-51-18-14-29(15-19-51)31-6-10-37(41(23-31)60-35-22-32-13-17-47-43(32)48-26-35)44(53)49-61(56,57)36-9-11-39(40(24-36)52(54)55)50(3)42-28-58-20-21-59-42/h4-11,13-14,17,22-24,26,42H,12,15-16,18-21,25,27-28H2,1-3H3,(H,47,48)(H,49,53)/t42-/m0/s1. The molecule has 14 nitrogen and oxygen atoms in total. The molecule has 0 saturated carbocycles. The largest absolute Gasteiger partial charge is 0.455 e. The average molecular weight is 867 g/mol. The van der Waals surface area contributed by atoms with Gasteiger partial charge >= 0.3 is 0 Å². The van der Waals surface area contributed by atoms with E-state index in [-0.39, 0.29) is 29.0 Å². The van der Waals surface area contributed by atoms with E-state index in [0.29, 0.717) is 24.6 Å². The van der Waals surface area contributed by atoms with Crippen LogP contribution < -0.4 is 14.4 Å². The van der Waals surface area contributed by atoms with E-state index >= 15 is 0 Å². The van der Waals surface area contributed by atoms with Crippen molar-refractivity contribution in [1.82, 2.24) is 19.6 Å². The zero-order valence-electron chi connectivity index (χ0n) is 34.1. The lowest BCUT2D eigenvalue weighted by molar-refractivity contribution is -0.384. The molecule has 1 aliphatic carbocycles. The number of nitro benzene ring substituents is 1. The molecule has 0 radical (unpaired) electrons. The van der Waals surface area contributed by atoms with Crippen molar-refractivity contribution in [2.45, 2.75) is 50.7 Å². The summed E-state index contributed by atoms with van der Waals surface area (Å²) < 4.78 is 46.9. The number of allylic oxidation sites excluding steroid dienone is 1. The Hall–Kier alpha value is -5.58. The first-order chi connectivity index (χ1) is 29.2. The number of hydrogen-bond acceptors (Lipinski definition) is 11. The first kappa shape index (κ1) is 42.1. The number of ether oxygens (including phenoxy) is 3. The molecule has 0 bridgehead atoms. The number of nitrogens with zero attached hydrogens (tertiary/aromatic N) is 4. The number of aromatic nitrogens is 2. The second-order valence-electron chi connectivity index (χ2n) is 16.4. The molecule has 0 spiro atoms. The molecule has 3 aromatic carbocycles. The molecular weight excluding hydrogens is 820 g/mol. The van der Waals surface area contributed by atoms with Crippen LogP contribution in [0.25, 0.3) is 22.2 Å². The SMILES string of the molecule is CN(c1ccc(S(=O)(=O)NC(=O)c2ccc(C3=CCN(CC4=C(c5ccc(Cl)cc5)CC(C)(C)CC4)CC3)cc2Oc2cnc3[nH]ccc3c2)cc1[N+](=O)[O-])[C@@H]1COCCO1. The highest BCUT2D eigenvalue weighted by molar-refractivity contribution is 7.90. The molecule has 16 heteroatoms. The summed E-state index contributed by atoms with van der Waals surface area (Å²) in [5, 5.41) is 13.7. The molecule has 61 heavy (non-hydrogen) atoms. The van der Waals surface area contributed by atoms with Crippen molar-refractivity contribution < 1.29 is 32.3 Å². The molecule has 8 rings (SSSR count). The van der Waals surface area contributed by atoms with Gasteiger partial charge < -0.3 is 24.1 Å². The minimum Gasteiger partial charge on any atom is -0.455 e. The molecule has 1 atom stereocenters. The smallest absolute Gasteiger partial charge is 0.293 e. The summed E-state index contributed by atoms with van der Waals surface area (Å²) in [5.74, 6) is -0.517. The van der Waals surface area contributed by atoms with E-state index in [2.05, 4.69) is 51.6 Å². The highest BCUT2D eigenvalue weighted by Gasteiger charge is 2.31. The molecule has 5 aromatic rings. The predicted octanol–water partition coefficient (Wildman–Crippen LogP) is 8.60. The molecule has 4 heterocycles. The number of fused-ring (bicyclic) bond motifs is 1. The maximum absolute atomic E-state index is 13.9. The number of carbonyl (C=O) groups excluding carboxylic acids is 1. The maximum Gasteiger partial charge on any atom is 0.293 e. The van der Waals surface area contributed by atoms with Crippen LogP contribution in [0.15, 0.2) is 102 Å². The van der Waals surface area contributed by atoms with E-state index in [1.54, 1.807) is 31.4 Å². The lowest BCUT2D eigenvalue weighted by Crippen LogP contribution is -2.42. The van der Waals surface area contributed by atoms with Gasteiger partial charge in [0.15, 0.2) is 6.23 Å². The summed E-state index contributed by atoms with van der Waals surface area (Å²) in [5.41, 5.74) is 6.43. The fourth-order valence-corrected chi connectivity index (χ4v) is 9.26. The van der Waals surface area contributed by atoms with Crippen molar-refractivity contribution in [1.29, 1.82) is 0 Å². The van der Waals surface area contributed by atoms with Gasteiger partial charge in [0.1, 0.15) is 22.8 Å². The van der Waals surface area contributed by atoms with Crippen molar-refractivity contribution in [2.24, 2.45) is 5.41 Å². The van der Waals surface area contributed by atoms with E-state index < -0.39 is 37.7 Å². The van der Waals surface area contributed by atoms with Gasteiger partial charge in [-0.1, -0.05) is 55.3 Å². The molecule has 1 fully saturated rings. The third-order valence-corrected chi connectivity index (χ3v) is 13.2. The molecule has 2 N–H and O–H groups in total. The zero-order valence-corrected chi connectivity index (χ0v) is 35.7. The number of rotatable bonds is 12. The molecule has 3 aliphatic rings. The third-order valence-electron chi connectivity index (χ3n) is 11.6. The Balaban J connectivity index is 1.05. The van der Waals surface area contributed by atoms with Crippen LogP contribution >= 0.6 is 11.6 Å². The highest BCUT2D eigenvalue weighted by atomic mass is 35.5. The number of nitro groups is 1. The lowest BCUT2D eigenvalue weighted by atomic mass is 9.72. The second kappa shape index (κ2) is 17.4. The number of halogens is 1. The summed E-state index contributed by atoms with van der Waals surface area (Å²) in [6.07, 6.45) is 8.77. The van der Waals surface area contributed by atoms with E-state index in [4.69, 9.17) is 25.8 Å². The highest BCUT2D eigenvalue weighted by Crippen LogP contribution is 2.44. The second-order valence-corrected chi connectivity index (χ2v) is 18.5. The molecule has 2 aliphatic heterocycles. The van der Waals surface area contributed by atoms with Gasteiger partial charge in [-0.2, -0.15) is 0 Å².